The van der Waals surface area contributed by atoms with Gasteiger partial charge >= 0.3 is 6.18 Å². The summed E-state index contributed by atoms with van der Waals surface area (Å²) in [5.41, 5.74) is 0.404. The number of hydrogen-bond acceptors (Lipinski definition) is 3. The van der Waals surface area contributed by atoms with Gasteiger partial charge in [0.1, 0.15) is 0 Å². The fourth-order valence-corrected chi connectivity index (χ4v) is 2.48. The molecule has 0 saturated heterocycles. The summed E-state index contributed by atoms with van der Waals surface area (Å²) in [7, 11) is 1.41. The Morgan fingerprint density at radius 1 is 1.17 bits per heavy atom. The van der Waals surface area contributed by atoms with Gasteiger partial charge in [0.25, 0.3) is 5.91 Å². The number of nitrogens with one attached hydrogen (secondary N) is 1. The Bertz CT molecular complexity index is 857. The quantitative estimate of drug-likeness (QED) is 0.818. The number of alkyl halides is 3. The second-order valence-electron chi connectivity index (χ2n) is 5.20. The molecule has 0 spiro atoms. The molecule has 0 saturated carbocycles. The van der Waals surface area contributed by atoms with Crippen molar-refractivity contribution < 1.29 is 27.8 Å². The molecule has 0 radical (unpaired) electrons. The highest BCUT2D eigenvalue weighted by atomic mass is 19.4. The molecule has 2 aromatic rings. The summed E-state index contributed by atoms with van der Waals surface area (Å²) in [5, 5.41) is 12.2. The number of carbonyl (C=O) groups is 1. The highest BCUT2D eigenvalue weighted by molar-refractivity contribution is 6.34. The molecule has 124 valence electrons. The number of aromatic hydroxyl groups is 1. The lowest BCUT2D eigenvalue weighted by molar-refractivity contribution is -0.137. The molecule has 0 bridgehead atoms. The van der Waals surface area contributed by atoms with Gasteiger partial charge in [0, 0.05) is 16.8 Å². The predicted molar refractivity (Wildman–Crippen MR) is 82.6 cm³/mol. The van der Waals surface area contributed by atoms with Crippen LogP contribution in [0.1, 0.15) is 16.7 Å². The monoisotopic (exact) mass is 335 g/mol. The Morgan fingerprint density at radius 2 is 1.92 bits per heavy atom. The first-order valence-electron chi connectivity index (χ1n) is 6.91. The fraction of sp³-hybridized carbons (Fsp3) is 0.118. The molecule has 2 aromatic carbocycles. The molecule has 0 atom stereocenters. The minimum atomic E-state index is -4.48. The van der Waals surface area contributed by atoms with E-state index in [4.69, 9.17) is 4.74 Å². The average Bonchev–Trinajstić information content (AvgIpc) is 2.82. The van der Waals surface area contributed by atoms with Crippen LogP contribution < -0.4 is 10.1 Å². The number of carbonyl (C=O) groups excluding carboxylic acids is 1. The average molecular weight is 335 g/mol. The van der Waals surface area contributed by atoms with Crippen LogP contribution in [0, 0.1) is 0 Å². The van der Waals surface area contributed by atoms with Gasteiger partial charge in [-0.1, -0.05) is 12.1 Å². The number of phenols is 1. The van der Waals surface area contributed by atoms with Crippen molar-refractivity contribution >= 4 is 23.2 Å². The topological polar surface area (TPSA) is 58.6 Å². The summed E-state index contributed by atoms with van der Waals surface area (Å²) in [5.74, 6) is -0.319. The van der Waals surface area contributed by atoms with E-state index in [1.165, 1.54) is 31.4 Å². The molecule has 4 nitrogen and oxygen atoms in total. The molecule has 1 heterocycles. The van der Waals surface area contributed by atoms with E-state index in [9.17, 15) is 23.1 Å². The number of amides is 1. The number of anilines is 1. The largest absolute Gasteiger partial charge is 0.504 e. The highest BCUT2D eigenvalue weighted by Crippen LogP contribution is 2.38. The molecule has 3 rings (SSSR count). The van der Waals surface area contributed by atoms with Crippen molar-refractivity contribution in [3.63, 3.8) is 0 Å². The Morgan fingerprint density at radius 3 is 2.54 bits per heavy atom. The lowest BCUT2D eigenvalue weighted by Gasteiger charge is -2.08. The second-order valence-corrected chi connectivity index (χ2v) is 5.20. The number of benzene rings is 2. The normalized spacial score (nSPS) is 15.3. The third kappa shape index (κ3) is 2.80. The van der Waals surface area contributed by atoms with E-state index in [2.05, 4.69) is 5.32 Å². The Kier molecular flexibility index (Phi) is 3.71. The zero-order valence-corrected chi connectivity index (χ0v) is 12.4. The number of fused-ring (bicyclic) bond motifs is 1. The smallest absolute Gasteiger partial charge is 0.416 e. The van der Waals surface area contributed by atoms with Gasteiger partial charge in [-0.15, -0.1) is 0 Å². The molecule has 0 aromatic heterocycles. The molecule has 0 fully saturated rings. The Hall–Kier alpha value is -2.96. The maximum atomic E-state index is 12.7. The van der Waals surface area contributed by atoms with Crippen molar-refractivity contribution in [2.75, 3.05) is 12.4 Å². The van der Waals surface area contributed by atoms with Crippen molar-refractivity contribution in [2.45, 2.75) is 6.18 Å². The van der Waals surface area contributed by atoms with Crippen LogP contribution in [0.15, 0.2) is 36.4 Å². The molecule has 0 unspecified atom stereocenters. The highest BCUT2D eigenvalue weighted by Gasteiger charge is 2.33. The van der Waals surface area contributed by atoms with Gasteiger partial charge in [0.05, 0.1) is 12.7 Å². The van der Waals surface area contributed by atoms with Crippen LogP contribution in [-0.4, -0.2) is 18.1 Å². The molecule has 0 aliphatic carbocycles. The molecular formula is C17H12F3NO3. The van der Waals surface area contributed by atoms with E-state index in [-0.39, 0.29) is 22.8 Å². The maximum absolute atomic E-state index is 12.7. The molecule has 2 N–H and O–H groups in total. The first-order chi connectivity index (χ1) is 11.3. The van der Waals surface area contributed by atoms with Crippen LogP contribution in [0.25, 0.3) is 11.6 Å². The van der Waals surface area contributed by atoms with E-state index in [1.807, 2.05) is 0 Å². The maximum Gasteiger partial charge on any atom is 0.416 e. The van der Waals surface area contributed by atoms with Crippen molar-refractivity contribution in [2.24, 2.45) is 0 Å². The van der Waals surface area contributed by atoms with Crippen LogP contribution in [0.5, 0.6) is 11.5 Å². The number of methoxy groups -OCH3 is 1. The summed E-state index contributed by atoms with van der Waals surface area (Å²) in [4.78, 5) is 12.1. The number of rotatable bonds is 2. The first-order valence-corrected chi connectivity index (χ1v) is 6.91. The lowest BCUT2D eigenvalue weighted by Crippen LogP contribution is -2.06. The van der Waals surface area contributed by atoms with Gasteiger partial charge in [-0.2, -0.15) is 13.2 Å². The van der Waals surface area contributed by atoms with Gasteiger partial charge in [0.2, 0.25) is 0 Å². The van der Waals surface area contributed by atoms with E-state index in [0.29, 0.717) is 11.1 Å². The number of hydrogen-bond donors (Lipinski definition) is 2. The van der Waals surface area contributed by atoms with Crippen molar-refractivity contribution in [3.05, 3.63) is 53.1 Å². The Balaban J connectivity index is 2.02. The minimum Gasteiger partial charge on any atom is -0.504 e. The zero-order valence-electron chi connectivity index (χ0n) is 12.4. The third-order valence-electron chi connectivity index (χ3n) is 3.64. The van der Waals surface area contributed by atoms with Crippen molar-refractivity contribution in [3.8, 4) is 11.5 Å². The van der Waals surface area contributed by atoms with E-state index in [1.54, 1.807) is 6.07 Å². The SMILES string of the molecule is COc1ccc(/C=C2\C(=O)Nc3cc(C(F)(F)F)ccc32)cc1O. The standard InChI is InChI=1S/C17H12F3NO3/c1-24-15-5-2-9(7-14(15)22)6-12-11-4-3-10(17(18,19)20)8-13(11)21-16(12)23/h2-8,22H,1H3,(H,21,23)/b12-6-. The summed E-state index contributed by atoms with van der Waals surface area (Å²) in [6, 6.07) is 7.65. The first kappa shape index (κ1) is 15.9. The molecule has 24 heavy (non-hydrogen) atoms. The van der Waals surface area contributed by atoms with Gasteiger partial charge in [-0.05, 0) is 35.9 Å². The van der Waals surface area contributed by atoms with Gasteiger partial charge < -0.3 is 15.2 Å². The zero-order chi connectivity index (χ0) is 17.5. The Labute approximate surface area is 135 Å². The third-order valence-corrected chi connectivity index (χ3v) is 3.64. The van der Waals surface area contributed by atoms with Gasteiger partial charge in [0.15, 0.2) is 11.5 Å². The van der Waals surface area contributed by atoms with Crippen molar-refractivity contribution in [1.29, 1.82) is 0 Å². The van der Waals surface area contributed by atoms with E-state index >= 15 is 0 Å². The molecule has 1 aliphatic rings. The number of ether oxygens (including phenoxy) is 1. The van der Waals surface area contributed by atoms with Crippen LogP contribution in [0.4, 0.5) is 18.9 Å². The van der Waals surface area contributed by atoms with Crippen LogP contribution in [0.3, 0.4) is 0 Å². The summed E-state index contributed by atoms with van der Waals surface area (Å²) < 4.78 is 43.2. The lowest BCUT2D eigenvalue weighted by atomic mass is 10.0. The van der Waals surface area contributed by atoms with E-state index in [0.717, 1.165) is 12.1 Å². The molecule has 7 heteroatoms. The summed E-state index contributed by atoms with van der Waals surface area (Å²) in [6.07, 6.45) is -2.98. The van der Waals surface area contributed by atoms with Crippen molar-refractivity contribution in [1.82, 2.24) is 0 Å². The number of phenolic OH excluding ortho intramolecular Hbond substituents is 1. The summed E-state index contributed by atoms with van der Waals surface area (Å²) >= 11 is 0. The van der Waals surface area contributed by atoms with Gasteiger partial charge in [-0.3, -0.25) is 4.79 Å². The predicted octanol–water partition coefficient (Wildman–Crippen LogP) is 3.91. The van der Waals surface area contributed by atoms with Crippen LogP contribution in [-0.2, 0) is 11.0 Å². The summed E-state index contributed by atoms with van der Waals surface area (Å²) in [6.45, 7) is 0. The molecule has 1 aliphatic heterocycles. The molecular weight excluding hydrogens is 323 g/mol. The number of halogens is 3. The fourth-order valence-electron chi connectivity index (χ4n) is 2.48. The second kappa shape index (κ2) is 5.59. The minimum absolute atomic E-state index is 0.0992. The van der Waals surface area contributed by atoms with Crippen LogP contribution in [0.2, 0.25) is 0 Å². The van der Waals surface area contributed by atoms with E-state index < -0.39 is 17.6 Å². The van der Waals surface area contributed by atoms with Gasteiger partial charge in [-0.25, -0.2) is 0 Å². The molecule has 1 amide bonds. The van der Waals surface area contributed by atoms with Crippen LogP contribution >= 0.6 is 0 Å².